The van der Waals surface area contributed by atoms with Crippen molar-refractivity contribution in [3.63, 3.8) is 0 Å². The molecule has 0 spiro atoms. The Kier molecular flexibility index (Phi) is 5.58. The molecule has 0 bridgehead atoms. The molecule has 0 aliphatic rings. The molecule has 0 saturated heterocycles. The maximum Gasteiger partial charge on any atom is 0.143 e. The topological polar surface area (TPSA) is 32.7 Å². The van der Waals surface area contributed by atoms with E-state index in [1.165, 1.54) is 0 Å². The van der Waals surface area contributed by atoms with E-state index in [1.807, 2.05) is 7.05 Å². The second-order valence-corrected chi connectivity index (χ2v) is 2.42. The number of aliphatic hydroxyl groups excluding tert-OH is 1. The van der Waals surface area contributed by atoms with Gasteiger partial charge in [-0.15, -0.1) is 0 Å². The first-order chi connectivity index (χ1) is 4.72. The molecular weight excluding hydrogens is 130 g/mol. The average Bonchev–Trinajstić information content (AvgIpc) is 1.98. The highest BCUT2D eigenvalue weighted by Crippen LogP contribution is 1.94. The fraction of sp³-hybridized carbons (Fsp3) is 1.00. The molecular formula is C7H17NO2. The summed E-state index contributed by atoms with van der Waals surface area (Å²) < 4.78 is 4.83. The lowest BCUT2D eigenvalue weighted by Gasteiger charge is -2.21. The normalized spacial score (nSPS) is 14.1. The molecule has 0 aromatic rings. The van der Waals surface area contributed by atoms with Gasteiger partial charge in [0.1, 0.15) is 6.79 Å². The summed E-state index contributed by atoms with van der Waals surface area (Å²) in [6, 6.07) is 0.386. The zero-order valence-electron chi connectivity index (χ0n) is 7.00. The fourth-order valence-electron chi connectivity index (χ4n) is 0.662. The second-order valence-electron chi connectivity index (χ2n) is 2.42. The van der Waals surface area contributed by atoms with Crippen LogP contribution in [0.4, 0.5) is 0 Å². The van der Waals surface area contributed by atoms with Gasteiger partial charge >= 0.3 is 0 Å². The largest absolute Gasteiger partial charge is 0.371 e. The van der Waals surface area contributed by atoms with Gasteiger partial charge in [0.25, 0.3) is 0 Å². The Hall–Kier alpha value is -0.120. The minimum atomic E-state index is -0.179. The van der Waals surface area contributed by atoms with Gasteiger partial charge in [0.2, 0.25) is 0 Å². The van der Waals surface area contributed by atoms with Crippen LogP contribution in [0.25, 0.3) is 0 Å². The van der Waals surface area contributed by atoms with E-state index >= 15 is 0 Å². The molecule has 0 aliphatic heterocycles. The summed E-state index contributed by atoms with van der Waals surface area (Å²) in [4.78, 5) is 2.16. The van der Waals surface area contributed by atoms with Crippen LogP contribution >= 0.6 is 0 Å². The van der Waals surface area contributed by atoms with Crippen LogP contribution in [0.3, 0.4) is 0 Å². The highest BCUT2D eigenvalue weighted by atomic mass is 16.6. The van der Waals surface area contributed by atoms with Crippen molar-refractivity contribution in [2.24, 2.45) is 0 Å². The Morgan fingerprint density at radius 2 is 2.20 bits per heavy atom. The Bertz CT molecular complexity index is 78.0. The molecule has 0 unspecified atom stereocenters. The third-order valence-electron chi connectivity index (χ3n) is 1.70. The molecule has 0 saturated carbocycles. The quantitative estimate of drug-likeness (QED) is 0.567. The summed E-state index contributed by atoms with van der Waals surface area (Å²) in [6.45, 7) is 5.59. The van der Waals surface area contributed by atoms with Gasteiger partial charge in [0.05, 0.1) is 6.61 Å². The molecule has 0 aromatic heterocycles. The summed E-state index contributed by atoms with van der Waals surface area (Å²) in [5.74, 6) is 0. The number of aliphatic hydroxyl groups is 1. The second kappa shape index (κ2) is 5.65. The molecule has 0 aliphatic carbocycles. The number of hydrogen-bond donors (Lipinski definition) is 1. The van der Waals surface area contributed by atoms with Crippen molar-refractivity contribution in [2.45, 2.75) is 19.9 Å². The summed E-state index contributed by atoms with van der Waals surface area (Å²) in [5.41, 5.74) is 0. The van der Waals surface area contributed by atoms with E-state index in [0.717, 1.165) is 6.54 Å². The number of likely N-dealkylation sites (N-methyl/N-ethyl adjacent to an activating group) is 1. The molecule has 1 atom stereocenters. The number of rotatable bonds is 5. The zero-order valence-corrected chi connectivity index (χ0v) is 7.00. The molecule has 3 nitrogen and oxygen atoms in total. The first kappa shape index (κ1) is 9.88. The van der Waals surface area contributed by atoms with Crippen molar-refractivity contribution >= 4 is 0 Å². The molecule has 3 heteroatoms. The van der Waals surface area contributed by atoms with Gasteiger partial charge in [-0.2, -0.15) is 0 Å². The first-order valence-electron chi connectivity index (χ1n) is 3.61. The minimum Gasteiger partial charge on any atom is -0.371 e. The van der Waals surface area contributed by atoms with Crippen LogP contribution in [0.2, 0.25) is 0 Å². The Morgan fingerprint density at radius 3 is 2.60 bits per heavy atom. The van der Waals surface area contributed by atoms with E-state index in [2.05, 4.69) is 18.7 Å². The van der Waals surface area contributed by atoms with Crippen molar-refractivity contribution in [1.29, 1.82) is 0 Å². The maximum atomic E-state index is 8.33. The highest BCUT2D eigenvalue weighted by Gasteiger charge is 2.05. The van der Waals surface area contributed by atoms with E-state index in [9.17, 15) is 0 Å². The molecule has 0 rings (SSSR count). The van der Waals surface area contributed by atoms with Gasteiger partial charge in [0, 0.05) is 6.04 Å². The summed E-state index contributed by atoms with van der Waals surface area (Å²) in [6.07, 6.45) is 0. The summed E-state index contributed by atoms with van der Waals surface area (Å²) >= 11 is 0. The van der Waals surface area contributed by atoms with E-state index in [1.54, 1.807) is 0 Å². The molecule has 0 radical (unpaired) electrons. The lowest BCUT2D eigenvalue weighted by molar-refractivity contribution is -0.0222. The van der Waals surface area contributed by atoms with E-state index in [4.69, 9.17) is 9.84 Å². The predicted molar refractivity (Wildman–Crippen MR) is 40.8 cm³/mol. The standard InChI is InChI=1S/C7H17NO2/c1-4-8(3)7(2)5-10-6-9/h7,9H,4-6H2,1-3H3/t7-/m1/s1. The predicted octanol–water partition coefficient (Wildman–Crippen LogP) is 0.293. The van der Waals surface area contributed by atoms with Crippen LogP contribution in [-0.2, 0) is 4.74 Å². The molecule has 10 heavy (non-hydrogen) atoms. The number of ether oxygens (including phenoxy) is 1. The number of nitrogens with zero attached hydrogens (tertiary/aromatic N) is 1. The first-order valence-corrected chi connectivity index (χ1v) is 3.61. The van der Waals surface area contributed by atoms with Gasteiger partial charge in [-0.25, -0.2) is 0 Å². The molecule has 0 amide bonds. The van der Waals surface area contributed by atoms with Crippen molar-refractivity contribution in [3.8, 4) is 0 Å². The van der Waals surface area contributed by atoms with Crippen LogP contribution in [0.15, 0.2) is 0 Å². The third kappa shape index (κ3) is 3.82. The van der Waals surface area contributed by atoms with Crippen molar-refractivity contribution in [2.75, 3.05) is 27.0 Å². The number of hydrogen-bond acceptors (Lipinski definition) is 3. The van der Waals surface area contributed by atoms with Crippen molar-refractivity contribution in [3.05, 3.63) is 0 Å². The lowest BCUT2D eigenvalue weighted by Crippen LogP contribution is -2.32. The van der Waals surface area contributed by atoms with Gasteiger partial charge in [0.15, 0.2) is 0 Å². The van der Waals surface area contributed by atoms with E-state index < -0.39 is 0 Å². The zero-order chi connectivity index (χ0) is 7.98. The Morgan fingerprint density at radius 1 is 1.60 bits per heavy atom. The highest BCUT2D eigenvalue weighted by molar-refractivity contribution is 4.58. The van der Waals surface area contributed by atoms with Gasteiger partial charge < -0.3 is 14.7 Å². The summed E-state index contributed by atoms with van der Waals surface area (Å²) in [5, 5.41) is 8.33. The fourth-order valence-corrected chi connectivity index (χ4v) is 0.662. The van der Waals surface area contributed by atoms with Crippen LogP contribution in [0, 0.1) is 0 Å². The molecule has 1 N–H and O–H groups in total. The maximum absolute atomic E-state index is 8.33. The lowest BCUT2D eigenvalue weighted by atomic mass is 10.3. The Balaban J connectivity index is 3.31. The molecule has 0 aromatic carbocycles. The summed E-state index contributed by atoms with van der Waals surface area (Å²) in [7, 11) is 2.03. The van der Waals surface area contributed by atoms with Crippen molar-refractivity contribution in [1.82, 2.24) is 4.90 Å². The van der Waals surface area contributed by atoms with E-state index in [0.29, 0.717) is 12.6 Å². The van der Waals surface area contributed by atoms with Crippen molar-refractivity contribution < 1.29 is 9.84 Å². The monoisotopic (exact) mass is 147 g/mol. The molecule has 0 fully saturated rings. The van der Waals surface area contributed by atoms with Crippen LogP contribution in [-0.4, -0.2) is 43.0 Å². The van der Waals surface area contributed by atoms with Gasteiger partial charge in [-0.1, -0.05) is 6.92 Å². The van der Waals surface area contributed by atoms with Gasteiger partial charge in [-0.3, -0.25) is 0 Å². The van der Waals surface area contributed by atoms with Crippen LogP contribution in [0.5, 0.6) is 0 Å². The average molecular weight is 147 g/mol. The van der Waals surface area contributed by atoms with Crippen LogP contribution in [0.1, 0.15) is 13.8 Å². The molecule has 0 heterocycles. The Labute approximate surface area is 62.6 Å². The minimum absolute atomic E-state index is 0.179. The molecule has 62 valence electrons. The van der Waals surface area contributed by atoms with Crippen LogP contribution < -0.4 is 0 Å². The van der Waals surface area contributed by atoms with Gasteiger partial charge in [-0.05, 0) is 20.5 Å². The smallest absolute Gasteiger partial charge is 0.143 e. The third-order valence-corrected chi connectivity index (χ3v) is 1.70. The van der Waals surface area contributed by atoms with E-state index in [-0.39, 0.29) is 6.79 Å². The SMILES string of the molecule is CCN(C)[C@H](C)COCO.